The van der Waals surface area contributed by atoms with E-state index in [1.165, 1.54) is 10.6 Å². The lowest BCUT2D eigenvalue weighted by atomic mass is 9.76. The average Bonchev–Trinajstić information content (AvgIpc) is 2.72. The molecule has 2 heterocycles. The third kappa shape index (κ3) is 2.19. The van der Waals surface area contributed by atoms with Crippen molar-refractivity contribution in [3.63, 3.8) is 0 Å². The van der Waals surface area contributed by atoms with Gasteiger partial charge in [0.15, 0.2) is 5.78 Å². The summed E-state index contributed by atoms with van der Waals surface area (Å²) in [6.45, 7) is 7.83. The molecule has 1 aliphatic heterocycles. The van der Waals surface area contributed by atoms with Crippen molar-refractivity contribution < 1.29 is 9.53 Å². The summed E-state index contributed by atoms with van der Waals surface area (Å²) in [6, 6.07) is 2.23. The maximum atomic E-state index is 12.2. The molecule has 0 aromatic carbocycles. The molecule has 1 aliphatic carbocycles. The second-order valence-electron chi connectivity index (χ2n) is 5.98. The van der Waals surface area contributed by atoms with Gasteiger partial charge in [0.2, 0.25) is 0 Å². The summed E-state index contributed by atoms with van der Waals surface area (Å²) in [4.78, 5) is 15.5. The number of anilines is 1. The molecule has 3 rings (SSSR count). The number of ketones is 1. The highest BCUT2D eigenvalue weighted by Crippen LogP contribution is 2.41. The van der Waals surface area contributed by atoms with Crippen molar-refractivity contribution in [3.8, 4) is 0 Å². The van der Waals surface area contributed by atoms with Crippen molar-refractivity contribution in [2.45, 2.75) is 26.7 Å². The molecule has 0 bridgehead atoms. The molecule has 4 heteroatoms. The summed E-state index contributed by atoms with van der Waals surface area (Å²) >= 11 is 1.67. The Morgan fingerprint density at radius 1 is 1.28 bits per heavy atom. The third-order valence-corrected chi connectivity index (χ3v) is 4.96. The lowest BCUT2D eigenvalue weighted by Gasteiger charge is -2.27. The van der Waals surface area contributed by atoms with Crippen LogP contribution in [0.15, 0.2) is 6.07 Å². The number of carbonyl (C=O) groups excluding carboxylic acids is 1. The fourth-order valence-electron chi connectivity index (χ4n) is 2.81. The van der Waals surface area contributed by atoms with Gasteiger partial charge in [-0.05, 0) is 23.5 Å². The minimum absolute atomic E-state index is 0.118. The molecule has 0 atom stereocenters. The molecule has 0 amide bonds. The predicted molar refractivity (Wildman–Crippen MR) is 73.8 cm³/mol. The van der Waals surface area contributed by atoms with E-state index in [4.69, 9.17) is 4.74 Å². The predicted octanol–water partition coefficient (Wildman–Crippen LogP) is 2.74. The topological polar surface area (TPSA) is 29.5 Å². The number of nitrogens with zero attached hydrogens (tertiary/aromatic N) is 1. The second-order valence-corrected chi connectivity index (χ2v) is 7.01. The van der Waals surface area contributed by atoms with Crippen LogP contribution in [0, 0.1) is 5.41 Å². The van der Waals surface area contributed by atoms with Gasteiger partial charge in [-0.3, -0.25) is 4.79 Å². The van der Waals surface area contributed by atoms with Crippen LogP contribution in [-0.4, -0.2) is 32.1 Å². The summed E-state index contributed by atoms with van der Waals surface area (Å²) in [5, 5.41) is 1.24. The number of Topliss-reactive ketones (excluding diaryl/α,β-unsaturated/α-hetero) is 1. The Morgan fingerprint density at radius 3 is 2.72 bits per heavy atom. The van der Waals surface area contributed by atoms with Gasteiger partial charge in [-0.15, -0.1) is 11.3 Å². The molecule has 0 spiro atoms. The zero-order valence-electron chi connectivity index (χ0n) is 11.0. The number of rotatable bonds is 1. The van der Waals surface area contributed by atoms with Crippen molar-refractivity contribution >= 4 is 22.1 Å². The van der Waals surface area contributed by atoms with Crippen LogP contribution in [-0.2, 0) is 11.2 Å². The first-order chi connectivity index (χ1) is 8.55. The molecule has 0 radical (unpaired) electrons. The van der Waals surface area contributed by atoms with Gasteiger partial charge >= 0.3 is 0 Å². The van der Waals surface area contributed by atoms with Crippen molar-refractivity contribution in [3.05, 3.63) is 16.5 Å². The molecule has 0 saturated carbocycles. The van der Waals surface area contributed by atoms with Gasteiger partial charge in [0.25, 0.3) is 0 Å². The van der Waals surface area contributed by atoms with Crippen LogP contribution < -0.4 is 4.90 Å². The number of ether oxygens (including phenoxy) is 1. The molecule has 98 valence electrons. The number of hydrogen-bond acceptors (Lipinski definition) is 4. The van der Waals surface area contributed by atoms with E-state index in [1.54, 1.807) is 11.3 Å². The van der Waals surface area contributed by atoms with Gasteiger partial charge in [-0.1, -0.05) is 13.8 Å². The quantitative estimate of drug-likeness (QED) is 0.782. The molecule has 0 unspecified atom stereocenters. The first-order valence-electron chi connectivity index (χ1n) is 6.54. The standard InChI is InChI=1S/C14H19NO2S/c1-14(2)8-10-7-12(15-3-5-17-6-4-15)18-13(10)11(16)9-14/h7H,3-6,8-9H2,1-2H3. The van der Waals surface area contributed by atoms with E-state index >= 15 is 0 Å². The molecule has 1 aromatic rings. The minimum Gasteiger partial charge on any atom is -0.378 e. The summed E-state index contributed by atoms with van der Waals surface area (Å²) in [7, 11) is 0. The fourth-order valence-corrected chi connectivity index (χ4v) is 3.98. The molecule has 2 aliphatic rings. The van der Waals surface area contributed by atoms with E-state index in [0.717, 1.165) is 37.6 Å². The van der Waals surface area contributed by atoms with E-state index < -0.39 is 0 Å². The first-order valence-corrected chi connectivity index (χ1v) is 7.35. The highest BCUT2D eigenvalue weighted by Gasteiger charge is 2.33. The Balaban J connectivity index is 1.90. The Kier molecular flexibility index (Phi) is 2.94. The second kappa shape index (κ2) is 4.35. The maximum absolute atomic E-state index is 12.2. The number of thiophene rings is 1. The number of hydrogen-bond donors (Lipinski definition) is 0. The molecular weight excluding hydrogens is 246 g/mol. The summed E-state index contributed by atoms with van der Waals surface area (Å²) < 4.78 is 5.37. The van der Waals surface area contributed by atoms with Crippen molar-refractivity contribution in [2.75, 3.05) is 31.2 Å². The zero-order valence-corrected chi connectivity index (χ0v) is 11.8. The van der Waals surface area contributed by atoms with E-state index in [9.17, 15) is 4.79 Å². The summed E-state index contributed by atoms with van der Waals surface area (Å²) in [5.41, 5.74) is 1.37. The molecule has 1 aromatic heterocycles. The Bertz CT molecular complexity index is 472. The summed E-state index contributed by atoms with van der Waals surface area (Å²) in [5.74, 6) is 0.325. The Hall–Kier alpha value is -0.870. The van der Waals surface area contributed by atoms with Gasteiger partial charge in [0, 0.05) is 19.5 Å². The van der Waals surface area contributed by atoms with E-state index in [2.05, 4.69) is 24.8 Å². The SMILES string of the molecule is CC1(C)CC(=O)c2sc(N3CCOCC3)cc2C1. The van der Waals surface area contributed by atoms with Gasteiger partial charge < -0.3 is 9.64 Å². The van der Waals surface area contributed by atoms with Crippen LogP contribution in [0.2, 0.25) is 0 Å². The maximum Gasteiger partial charge on any atom is 0.173 e. The summed E-state index contributed by atoms with van der Waals surface area (Å²) in [6.07, 6.45) is 1.71. The Labute approximate surface area is 112 Å². The number of carbonyl (C=O) groups is 1. The average molecular weight is 265 g/mol. The van der Waals surface area contributed by atoms with Crippen molar-refractivity contribution in [2.24, 2.45) is 5.41 Å². The van der Waals surface area contributed by atoms with E-state index in [1.807, 2.05) is 0 Å². The normalized spacial score (nSPS) is 23.0. The minimum atomic E-state index is 0.118. The Morgan fingerprint density at radius 2 is 2.00 bits per heavy atom. The highest BCUT2D eigenvalue weighted by molar-refractivity contribution is 7.18. The molecule has 3 nitrogen and oxygen atoms in total. The van der Waals surface area contributed by atoms with E-state index in [-0.39, 0.29) is 5.41 Å². The van der Waals surface area contributed by atoms with Crippen LogP contribution in [0.25, 0.3) is 0 Å². The number of morpholine rings is 1. The van der Waals surface area contributed by atoms with Crippen LogP contribution in [0.5, 0.6) is 0 Å². The fraction of sp³-hybridized carbons (Fsp3) is 0.643. The largest absolute Gasteiger partial charge is 0.378 e. The third-order valence-electron chi connectivity index (χ3n) is 3.68. The zero-order chi connectivity index (χ0) is 12.8. The van der Waals surface area contributed by atoms with Gasteiger partial charge in [-0.2, -0.15) is 0 Å². The monoisotopic (exact) mass is 265 g/mol. The molecule has 0 N–H and O–H groups in total. The molecule has 1 fully saturated rings. The smallest absolute Gasteiger partial charge is 0.173 e. The van der Waals surface area contributed by atoms with Gasteiger partial charge in [0.1, 0.15) is 0 Å². The van der Waals surface area contributed by atoms with Gasteiger partial charge in [-0.25, -0.2) is 0 Å². The van der Waals surface area contributed by atoms with Crippen LogP contribution >= 0.6 is 11.3 Å². The first kappa shape index (κ1) is 12.2. The van der Waals surface area contributed by atoms with Crippen LogP contribution in [0.3, 0.4) is 0 Å². The van der Waals surface area contributed by atoms with Crippen molar-refractivity contribution in [1.29, 1.82) is 0 Å². The van der Waals surface area contributed by atoms with Crippen molar-refractivity contribution in [1.82, 2.24) is 0 Å². The van der Waals surface area contributed by atoms with Gasteiger partial charge in [0.05, 0.1) is 23.1 Å². The number of fused-ring (bicyclic) bond motifs is 1. The highest BCUT2D eigenvalue weighted by atomic mass is 32.1. The molecule has 18 heavy (non-hydrogen) atoms. The van der Waals surface area contributed by atoms with E-state index in [0.29, 0.717) is 12.2 Å². The lowest BCUT2D eigenvalue weighted by Crippen LogP contribution is -2.35. The van der Waals surface area contributed by atoms with Crippen LogP contribution in [0.1, 0.15) is 35.5 Å². The molecule has 1 saturated heterocycles. The van der Waals surface area contributed by atoms with Crippen LogP contribution in [0.4, 0.5) is 5.00 Å². The lowest BCUT2D eigenvalue weighted by molar-refractivity contribution is 0.0917. The molecular formula is C14H19NO2S.